The van der Waals surface area contributed by atoms with E-state index in [0.29, 0.717) is 12.2 Å². The summed E-state index contributed by atoms with van der Waals surface area (Å²) in [7, 11) is 0. The van der Waals surface area contributed by atoms with Gasteiger partial charge in [0.05, 0.1) is 17.8 Å². The number of rotatable bonds is 4. The first-order valence-electron chi connectivity index (χ1n) is 7.07. The van der Waals surface area contributed by atoms with Crippen LogP contribution in [-0.4, -0.2) is 10.1 Å². The lowest BCUT2D eigenvalue weighted by Gasteiger charge is -2.10. The summed E-state index contributed by atoms with van der Waals surface area (Å²) in [6.45, 7) is 1.95. The molecule has 0 aliphatic rings. The van der Waals surface area contributed by atoms with E-state index in [1.807, 2.05) is 61.5 Å². The second-order valence-electron chi connectivity index (χ2n) is 4.96. The Hall–Kier alpha value is -2.39. The molecule has 3 rings (SSSR count). The standard InChI is InChI=1S/C18H17NO2/c1-2-18(20)13-7-9-15(10-8-13)21-16-11-14-5-3-4-6-17(14)19-12-16/h3-12,18,20H,2H2,1H3/t18-/m0/s1. The molecule has 0 radical (unpaired) electrons. The van der Waals surface area contributed by atoms with Crippen LogP contribution in [0.25, 0.3) is 10.9 Å². The minimum atomic E-state index is -0.415. The fourth-order valence-electron chi connectivity index (χ4n) is 2.24. The van der Waals surface area contributed by atoms with Gasteiger partial charge in [-0.1, -0.05) is 37.3 Å². The average molecular weight is 279 g/mol. The first kappa shape index (κ1) is 13.6. The quantitative estimate of drug-likeness (QED) is 0.766. The molecule has 3 aromatic rings. The molecule has 0 saturated carbocycles. The van der Waals surface area contributed by atoms with Gasteiger partial charge >= 0.3 is 0 Å². The molecule has 1 atom stereocenters. The lowest BCUT2D eigenvalue weighted by molar-refractivity contribution is 0.173. The van der Waals surface area contributed by atoms with E-state index in [9.17, 15) is 5.11 Å². The molecule has 0 fully saturated rings. The van der Waals surface area contributed by atoms with Crippen molar-refractivity contribution in [3.05, 3.63) is 66.4 Å². The van der Waals surface area contributed by atoms with Crippen molar-refractivity contribution >= 4 is 10.9 Å². The highest BCUT2D eigenvalue weighted by molar-refractivity contribution is 5.79. The van der Waals surface area contributed by atoms with E-state index in [1.165, 1.54) is 0 Å². The fourth-order valence-corrected chi connectivity index (χ4v) is 2.24. The Morgan fingerprint density at radius 3 is 2.57 bits per heavy atom. The summed E-state index contributed by atoms with van der Waals surface area (Å²) < 4.78 is 5.81. The number of nitrogens with zero attached hydrogens (tertiary/aromatic N) is 1. The van der Waals surface area contributed by atoms with E-state index in [0.717, 1.165) is 22.2 Å². The molecule has 0 saturated heterocycles. The molecule has 2 aromatic carbocycles. The van der Waals surface area contributed by atoms with E-state index < -0.39 is 6.10 Å². The summed E-state index contributed by atoms with van der Waals surface area (Å²) in [6.07, 6.45) is 2.01. The molecule has 0 aliphatic heterocycles. The number of aromatic nitrogens is 1. The molecular weight excluding hydrogens is 262 g/mol. The van der Waals surface area contributed by atoms with Gasteiger partial charge in [0.2, 0.25) is 0 Å². The van der Waals surface area contributed by atoms with Gasteiger partial charge in [-0.3, -0.25) is 4.98 Å². The zero-order chi connectivity index (χ0) is 14.7. The molecule has 21 heavy (non-hydrogen) atoms. The number of aliphatic hydroxyl groups excluding tert-OH is 1. The Kier molecular flexibility index (Phi) is 3.84. The van der Waals surface area contributed by atoms with Gasteiger partial charge in [-0.25, -0.2) is 0 Å². The third-order valence-electron chi connectivity index (χ3n) is 3.45. The monoisotopic (exact) mass is 279 g/mol. The predicted molar refractivity (Wildman–Crippen MR) is 83.5 cm³/mol. The van der Waals surface area contributed by atoms with E-state index in [-0.39, 0.29) is 0 Å². The lowest BCUT2D eigenvalue weighted by atomic mass is 10.1. The molecule has 0 spiro atoms. The SMILES string of the molecule is CC[C@H](O)c1ccc(Oc2cnc3ccccc3c2)cc1. The highest BCUT2D eigenvalue weighted by atomic mass is 16.5. The second kappa shape index (κ2) is 5.94. The third kappa shape index (κ3) is 3.03. The van der Waals surface area contributed by atoms with Gasteiger partial charge in [0.1, 0.15) is 11.5 Å². The number of hydrogen-bond acceptors (Lipinski definition) is 3. The van der Waals surface area contributed by atoms with Crippen molar-refractivity contribution in [3.8, 4) is 11.5 Å². The topological polar surface area (TPSA) is 42.4 Å². The largest absolute Gasteiger partial charge is 0.456 e. The average Bonchev–Trinajstić information content (AvgIpc) is 2.55. The first-order valence-corrected chi connectivity index (χ1v) is 7.07. The lowest BCUT2D eigenvalue weighted by Crippen LogP contribution is -1.94. The molecule has 106 valence electrons. The molecule has 0 bridgehead atoms. The van der Waals surface area contributed by atoms with Crippen LogP contribution in [0.3, 0.4) is 0 Å². The second-order valence-corrected chi connectivity index (χ2v) is 4.96. The minimum Gasteiger partial charge on any atom is -0.456 e. The van der Waals surface area contributed by atoms with E-state index in [1.54, 1.807) is 6.20 Å². The molecule has 1 heterocycles. The highest BCUT2D eigenvalue weighted by Gasteiger charge is 2.05. The maximum Gasteiger partial charge on any atom is 0.146 e. The minimum absolute atomic E-state index is 0.415. The van der Waals surface area contributed by atoms with Crippen molar-refractivity contribution < 1.29 is 9.84 Å². The number of fused-ring (bicyclic) bond motifs is 1. The Morgan fingerprint density at radius 1 is 1.05 bits per heavy atom. The van der Waals surface area contributed by atoms with Gasteiger partial charge in [-0.05, 0) is 36.2 Å². The van der Waals surface area contributed by atoms with Gasteiger partial charge in [0.25, 0.3) is 0 Å². The molecule has 1 N–H and O–H groups in total. The van der Waals surface area contributed by atoms with Gasteiger partial charge in [-0.2, -0.15) is 0 Å². The number of hydrogen-bond donors (Lipinski definition) is 1. The van der Waals surface area contributed by atoms with E-state index in [2.05, 4.69) is 4.98 Å². The van der Waals surface area contributed by atoms with Crippen molar-refractivity contribution in [2.75, 3.05) is 0 Å². The Labute approximate surface area is 123 Å². The Morgan fingerprint density at radius 2 is 1.81 bits per heavy atom. The maximum atomic E-state index is 9.78. The van der Waals surface area contributed by atoms with Crippen molar-refractivity contribution in [1.82, 2.24) is 4.98 Å². The normalized spacial score (nSPS) is 12.3. The van der Waals surface area contributed by atoms with Crippen LogP contribution in [-0.2, 0) is 0 Å². The zero-order valence-corrected chi connectivity index (χ0v) is 11.9. The smallest absolute Gasteiger partial charge is 0.146 e. The molecule has 0 unspecified atom stereocenters. The first-order chi connectivity index (χ1) is 10.3. The third-order valence-corrected chi connectivity index (χ3v) is 3.45. The van der Waals surface area contributed by atoms with Crippen molar-refractivity contribution in [2.45, 2.75) is 19.4 Å². The van der Waals surface area contributed by atoms with Crippen molar-refractivity contribution in [3.63, 3.8) is 0 Å². The van der Waals surface area contributed by atoms with Crippen LogP contribution in [0.5, 0.6) is 11.5 Å². The highest BCUT2D eigenvalue weighted by Crippen LogP contribution is 2.26. The van der Waals surface area contributed by atoms with Gasteiger partial charge in [0.15, 0.2) is 0 Å². The number of aliphatic hydroxyl groups is 1. The summed E-state index contributed by atoms with van der Waals surface area (Å²) in [5.74, 6) is 1.44. The fraction of sp³-hybridized carbons (Fsp3) is 0.167. The Bertz CT molecular complexity index is 738. The van der Waals surface area contributed by atoms with Gasteiger partial charge < -0.3 is 9.84 Å². The van der Waals surface area contributed by atoms with Crippen LogP contribution in [0.1, 0.15) is 25.0 Å². The van der Waals surface area contributed by atoms with Crippen LogP contribution in [0.4, 0.5) is 0 Å². The van der Waals surface area contributed by atoms with Crippen LogP contribution >= 0.6 is 0 Å². The van der Waals surface area contributed by atoms with Crippen LogP contribution in [0.15, 0.2) is 60.8 Å². The number of benzene rings is 2. The summed E-state index contributed by atoms with van der Waals surface area (Å²) in [6, 6.07) is 17.4. The van der Waals surface area contributed by atoms with Gasteiger partial charge in [-0.15, -0.1) is 0 Å². The van der Waals surface area contributed by atoms with E-state index >= 15 is 0 Å². The Balaban J connectivity index is 1.81. The number of pyridine rings is 1. The maximum absolute atomic E-state index is 9.78. The van der Waals surface area contributed by atoms with Crippen LogP contribution in [0, 0.1) is 0 Å². The molecule has 0 aliphatic carbocycles. The summed E-state index contributed by atoms with van der Waals surface area (Å²) in [5.41, 5.74) is 1.85. The molecule has 1 aromatic heterocycles. The van der Waals surface area contributed by atoms with Crippen molar-refractivity contribution in [1.29, 1.82) is 0 Å². The molecule has 3 nitrogen and oxygen atoms in total. The van der Waals surface area contributed by atoms with Crippen molar-refractivity contribution in [2.24, 2.45) is 0 Å². The van der Waals surface area contributed by atoms with Gasteiger partial charge in [0, 0.05) is 5.39 Å². The predicted octanol–water partition coefficient (Wildman–Crippen LogP) is 4.47. The van der Waals surface area contributed by atoms with Crippen LogP contribution in [0.2, 0.25) is 0 Å². The summed E-state index contributed by atoms with van der Waals surface area (Å²) in [4.78, 5) is 4.37. The van der Waals surface area contributed by atoms with E-state index in [4.69, 9.17) is 4.74 Å². The number of para-hydroxylation sites is 1. The molecule has 3 heteroatoms. The van der Waals surface area contributed by atoms with Crippen LogP contribution < -0.4 is 4.74 Å². The zero-order valence-electron chi connectivity index (χ0n) is 11.9. The summed E-state index contributed by atoms with van der Waals surface area (Å²) >= 11 is 0. The summed E-state index contributed by atoms with van der Waals surface area (Å²) in [5, 5.41) is 10.8. The number of ether oxygens (including phenoxy) is 1. The molecule has 0 amide bonds. The molecular formula is C18H17NO2.